The summed E-state index contributed by atoms with van der Waals surface area (Å²) in [6.07, 6.45) is 1.80. The van der Waals surface area contributed by atoms with E-state index in [1.807, 2.05) is 54.6 Å². The predicted molar refractivity (Wildman–Crippen MR) is 93.4 cm³/mol. The van der Waals surface area contributed by atoms with Crippen molar-refractivity contribution < 1.29 is 4.74 Å². The maximum atomic E-state index is 5.87. The summed E-state index contributed by atoms with van der Waals surface area (Å²) in [6, 6.07) is 19.2. The zero-order valence-corrected chi connectivity index (χ0v) is 13.2. The van der Waals surface area contributed by atoms with Gasteiger partial charge in [-0.05, 0) is 29.8 Å². The third kappa shape index (κ3) is 4.14. The SMILES string of the molecule is C=C(Nc1ccc(Cl)cc1)n1ccc(OCc2ccccc2)n1. The average molecular weight is 326 g/mol. The zero-order valence-electron chi connectivity index (χ0n) is 12.4. The first-order valence-corrected chi connectivity index (χ1v) is 7.53. The van der Waals surface area contributed by atoms with Gasteiger partial charge in [0.1, 0.15) is 12.4 Å². The molecule has 1 heterocycles. The highest BCUT2D eigenvalue weighted by Crippen LogP contribution is 2.17. The number of nitrogens with zero attached hydrogens (tertiary/aromatic N) is 2. The molecule has 0 unspecified atom stereocenters. The molecule has 116 valence electrons. The van der Waals surface area contributed by atoms with Crippen LogP contribution >= 0.6 is 11.6 Å². The second-order valence-electron chi connectivity index (χ2n) is 4.95. The molecule has 0 fully saturated rings. The number of hydrogen-bond acceptors (Lipinski definition) is 3. The molecule has 0 saturated carbocycles. The average Bonchev–Trinajstić information content (AvgIpc) is 3.05. The van der Waals surface area contributed by atoms with Crippen molar-refractivity contribution in [3.63, 3.8) is 0 Å². The number of benzene rings is 2. The Kier molecular flexibility index (Phi) is 4.64. The van der Waals surface area contributed by atoms with Crippen molar-refractivity contribution in [3.05, 3.63) is 84.0 Å². The molecule has 0 amide bonds. The number of halogens is 1. The van der Waals surface area contributed by atoms with Crippen LogP contribution in [0.5, 0.6) is 5.88 Å². The fraction of sp³-hybridized carbons (Fsp3) is 0.0556. The number of hydrogen-bond donors (Lipinski definition) is 1. The van der Waals surface area contributed by atoms with Gasteiger partial charge in [0.05, 0.1) is 0 Å². The van der Waals surface area contributed by atoms with E-state index < -0.39 is 0 Å². The minimum absolute atomic E-state index is 0.481. The van der Waals surface area contributed by atoms with Crippen LogP contribution in [-0.2, 0) is 6.61 Å². The molecule has 0 saturated heterocycles. The minimum Gasteiger partial charge on any atom is -0.472 e. The molecule has 0 bridgehead atoms. The van der Waals surface area contributed by atoms with Crippen LogP contribution in [-0.4, -0.2) is 9.78 Å². The lowest BCUT2D eigenvalue weighted by atomic mass is 10.2. The lowest BCUT2D eigenvalue weighted by Crippen LogP contribution is -2.06. The van der Waals surface area contributed by atoms with Crippen LogP contribution in [0.4, 0.5) is 5.69 Å². The second-order valence-corrected chi connectivity index (χ2v) is 5.39. The van der Waals surface area contributed by atoms with Gasteiger partial charge in [-0.1, -0.05) is 48.5 Å². The van der Waals surface area contributed by atoms with Crippen LogP contribution in [0.2, 0.25) is 5.02 Å². The minimum atomic E-state index is 0.481. The molecule has 2 aromatic carbocycles. The van der Waals surface area contributed by atoms with Crippen LogP contribution < -0.4 is 10.1 Å². The van der Waals surface area contributed by atoms with Crippen LogP contribution in [0.15, 0.2) is 73.4 Å². The molecule has 5 heteroatoms. The molecule has 1 aromatic heterocycles. The molecule has 23 heavy (non-hydrogen) atoms. The lowest BCUT2D eigenvalue weighted by molar-refractivity contribution is 0.292. The number of anilines is 1. The molecule has 0 aliphatic carbocycles. The van der Waals surface area contributed by atoms with Crippen LogP contribution in [0.25, 0.3) is 5.82 Å². The highest BCUT2D eigenvalue weighted by Gasteiger charge is 2.04. The van der Waals surface area contributed by atoms with Gasteiger partial charge >= 0.3 is 0 Å². The van der Waals surface area contributed by atoms with Crippen molar-refractivity contribution in [2.45, 2.75) is 6.61 Å². The summed E-state index contributed by atoms with van der Waals surface area (Å²) in [5.41, 5.74) is 1.99. The van der Waals surface area contributed by atoms with Crippen molar-refractivity contribution in [2.24, 2.45) is 0 Å². The topological polar surface area (TPSA) is 39.1 Å². The summed E-state index contributed by atoms with van der Waals surface area (Å²) in [5.74, 6) is 1.18. The lowest BCUT2D eigenvalue weighted by Gasteiger charge is -2.09. The Hall–Kier alpha value is -2.72. The van der Waals surface area contributed by atoms with Gasteiger partial charge in [-0.3, -0.25) is 0 Å². The van der Waals surface area contributed by atoms with E-state index in [1.165, 1.54) is 0 Å². The fourth-order valence-corrected chi connectivity index (χ4v) is 2.15. The Morgan fingerprint density at radius 1 is 1.09 bits per heavy atom. The van der Waals surface area contributed by atoms with Crippen molar-refractivity contribution in [2.75, 3.05) is 5.32 Å². The Labute approximate surface area is 140 Å². The molecular formula is C18H16ClN3O. The predicted octanol–water partition coefficient (Wildman–Crippen LogP) is 4.66. The van der Waals surface area contributed by atoms with Crippen LogP contribution in [0, 0.1) is 0 Å². The maximum absolute atomic E-state index is 5.87. The van der Waals surface area contributed by atoms with Crippen molar-refractivity contribution in [1.82, 2.24) is 9.78 Å². The summed E-state index contributed by atoms with van der Waals surface area (Å²) in [6.45, 7) is 4.46. The molecule has 3 rings (SSSR count). The van der Waals surface area contributed by atoms with E-state index in [-0.39, 0.29) is 0 Å². The van der Waals surface area contributed by atoms with E-state index in [1.54, 1.807) is 16.9 Å². The van der Waals surface area contributed by atoms with Crippen LogP contribution in [0.1, 0.15) is 5.56 Å². The van der Waals surface area contributed by atoms with Gasteiger partial charge in [-0.15, -0.1) is 5.10 Å². The third-order valence-electron chi connectivity index (χ3n) is 3.20. The maximum Gasteiger partial charge on any atom is 0.233 e. The van der Waals surface area contributed by atoms with Gasteiger partial charge in [0.2, 0.25) is 5.88 Å². The summed E-state index contributed by atoms with van der Waals surface area (Å²) < 4.78 is 7.30. The smallest absolute Gasteiger partial charge is 0.233 e. The van der Waals surface area contributed by atoms with E-state index in [0.717, 1.165) is 11.3 Å². The van der Waals surface area contributed by atoms with Crippen molar-refractivity contribution in [1.29, 1.82) is 0 Å². The molecule has 0 radical (unpaired) electrons. The quantitative estimate of drug-likeness (QED) is 0.716. The van der Waals surface area contributed by atoms with E-state index in [4.69, 9.17) is 16.3 Å². The van der Waals surface area contributed by atoms with E-state index in [2.05, 4.69) is 17.0 Å². The Morgan fingerprint density at radius 2 is 1.83 bits per heavy atom. The van der Waals surface area contributed by atoms with Gasteiger partial charge in [0.15, 0.2) is 0 Å². The first kappa shape index (κ1) is 15.2. The Morgan fingerprint density at radius 3 is 2.57 bits per heavy atom. The monoisotopic (exact) mass is 325 g/mol. The zero-order chi connectivity index (χ0) is 16.1. The van der Waals surface area contributed by atoms with Gasteiger partial charge < -0.3 is 10.1 Å². The molecule has 0 spiro atoms. The fourth-order valence-electron chi connectivity index (χ4n) is 2.02. The molecule has 0 atom stereocenters. The molecule has 1 N–H and O–H groups in total. The first-order valence-electron chi connectivity index (χ1n) is 7.15. The normalized spacial score (nSPS) is 10.3. The Balaban J connectivity index is 1.59. The van der Waals surface area contributed by atoms with Crippen molar-refractivity contribution >= 4 is 23.1 Å². The molecule has 0 aliphatic heterocycles. The summed E-state index contributed by atoms with van der Waals surface area (Å²) in [4.78, 5) is 0. The number of ether oxygens (including phenoxy) is 1. The van der Waals surface area contributed by atoms with Crippen molar-refractivity contribution in [3.8, 4) is 5.88 Å². The summed E-state index contributed by atoms with van der Waals surface area (Å²) >= 11 is 5.87. The third-order valence-corrected chi connectivity index (χ3v) is 3.46. The molecule has 3 aromatic rings. The number of rotatable bonds is 6. The largest absolute Gasteiger partial charge is 0.472 e. The van der Waals surface area contributed by atoms with E-state index in [9.17, 15) is 0 Å². The van der Waals surface area contributed by atoms with Gasteiger partial charge in [0.25, 0.3) is 0 Å². The summed E-state index contributed by atoms with van der Waals surface area (Å²) in [5, 5.41) is 8.20. The van der Waals surface area contributed by atoms with Gasteiger partial charge in [0, 0.05) is 23.0 Å². The molecule has 4 nitrogen and oxygen atoms in total. The highest BCUT2D eigenvalue weighted by atomic mass is 35.5. The second kappa shape index (κ2) is 7.03. The Bertz CT molecular complexity index is 782. The standard InChI is InChI=1S/C18H16ClN3O/c1-14(20-17-9-7-16(19)8-10-17)22-12-11-18(21-22)23-13-15-5-3-2-4-6-15/h2-12,20H,1,13H2. The van der Waals surface area contributed by atoms with Gasteiger partial charge in [-0.25, -0.2) is 4.68 Å². The number of nitrogens with one attached hydrogen (secondary N) is 1. The van der Waals surface area contributed by atoms with Crippen LogP contribution in [0.3, 0.4) is 0 Å². The van der Waals surface area contributed by atoms with E-state index >= 15 is 0 Å². The molecular weight excluding hydrogens is 310 g/mol. The van der Waals surface area contributed by atoms with Gasteiger partial charge in [-0.2, -0.15) is 0 Å². The highest BCUT2D eigenvalue weighted by molar-refractivity contribution is 6.30. The number of aromatic nitrogens is 2. The summed E-state index contributed by atoms with van der Waals surface area (Å²) in [7, 11) is 0. The van der Waals surface area contributed by atoms with E-state index in [0.29, 0.717) is 23.3 Å². The molecule has 0 aliphatic rings. The first-order chi connectivity index (χ1) is 11.2.